The van der Waals surface area contributed by atoms with E-state index in [4.69, 9.17) is 0 Å². The Morgan fingerprint density at radius 1 is 1.19 bits per heavy atom. The molecule has 0 amide bonds. The number of nitrogens with zero attached hydrogens (tertiary/aromatic N) is 1. The van der Waals surface area contributed by atoms with Crippen molar-refractivity contribution in [2.45, 2.75) is 44.4 Å². The Balaban J connectivity index is 1.86. The Morgan fingerprint density at radius 2 is 1.81 bits per heavy atom. The molecule has 2 rings (SSSR count). The first-order valence-electron chi connectivity index (χ1n) is 7.12. The van der Waals surface area contributed by atoms with E-state index in [2.05, 4.69) is 15.6 Å². The summed E-state index contributed by atoms with van der Waals surface area (Å²) in [4.78, 5) is 4.14. The van der Waals surface area contributed by atoms with Gasteiger partial charge in [-0.1, -0.05) is 25.0 Å². The summed E-state index contributed by atoms with van der Waals surface area (Å²) in [7, 11) is 1.69. The van der Waals surface area contributed by atoms with Crippen LogP contribution in [0.5, 0.6) is 0 Å². The zero-order valence-corrected chi connectivity index (χ0v) is 12.0. The molecule has 1 aromatic rings. The summed E-state index contributed by atoms with van der Waals surface area (Å²) in [5.74, 6) is 0.696. The van der Waals surface area contributed by atoms with Gasteiger partial charge in [0, 0.05) is 19.6 Å². The van der Waals surface area contributed by atoms with Crippen LogP contribution in [0.1, 0.15) is 36.8 Å². The van der Waals surface area contributed by atoms with Gasteiger partial charge >= 0.3 is 6.18 Å². The van der Waals surface area contributed by atoms with E-state index in [1.54, 1.807) is 7.05 Å². The molecule has 0 aromatic heterocycles. The summed E-state index contributed by atoms with van der Waals surface area (Å²) in [6.45, 7) is 0.449. The van der Waals surface area contributed by atoms with Gasteiger partial charge in [-0.05, 0) is 30.5 Å². The van der Waals surface area contributed by atoms with Gasteiger partial charge in [0.1, 0.15) is 0 Å². The van der Waals surface area contributed by atoms with Gasteiger partial charge in [-0.25, -0.2) is 0 Å². The highest BCUT2D eigenvalue weighted by molar-refractivity contribution is 5.79. The van der Waals surface area contributed by atoms with Crippen molar-refractivity contribution in [3.63, 3.8) is 0 Å². The molecular formula is C15H20F3N3. The van der Waals surface area contributed by atoms with Crippen LogP contribution in [0.3, 0.4) is 0 Å². The SMILES string of the molecule is CN=C(NCc1ccc(C(F)(F)F)cc1)NC1CCCC1. The minimum atomic E-state index is -4.29. The van der Waals surface area contributed by atoms with Gasteiger partial charge in [0.15, 0.2) is 5.96 Å². The fraction of sp³-hybridized carbons (Fsp3) is 0.533. The quantitative estimate of drug-likeness (QED) is 0.663. The number of nitrogens with one attached hydrogen (secondary N) is 2. The van der Waals surface area contributed by atoms with Crippen LogP contribution in [0, 0.1) is 0 Å². The first kappa shape index (κ1) is 15.7. The zero-order chi connectivity index (χ0) is 15.3. The Morgan fingerprint density at radius 3 is 2.33 bits per heavy atom. The van der Waals surface area contributed by atoms with E-state index in [1.807, 2.05) is 0 Å². The topological polar surface area (TPSA) is 36.4 Å². The minimum Gasteiger partial charge on any atom is -0.354 e. The Bertz CT molecular complexity index is 474. The number of hydrogen-bond donors (Lipinski definition) is 2. The zero-order valence-electron chi connectivity index (χ0n) is 12.0. The molecule has 1 aliphatic rings. The molecule has 6 heteroatoms. The standard InChI is InChI=1S/C15H20F3N3/c1-19-14(21-13-4-2-3-5-13)20-10-11-6-8-12(9-7-11)15(16,17)18/h6-9,13H,2-5,10H2,1H3,(H2,19,20,21). The van der Waals surface area contributed by atoms with Crippen LogP contribution in [0.2, 0.25) is 0 Å². The molecule has 0 aliphatic heterocycles. The van der Waals surface area contributed by atoms with Crippen molar-refractivity contribution in [3.8, 4) is 0 Å². The number of hydrogen-bond acceptors (Lipinski definition) is 1. The van der Waals surface area contributed by atoms with Gasteiger partial charge < -0.3 is 10.6 Å². The molecule has 0 heterocycles. The summed E-state index contributed by atoms with van der Waals surface area (Å²) >= 11 is 0. The molecule has 1 saturated carbocycles. The number of rotatable bonds is 3. The van der Waals surface area contributed by atoms with Crippen molar-refractivity contribution in [1.82, 2.24) is 10.6 Å². The molecular weight excluding hydrogens is 279 g/mol. The van der Waals surface area contributed by atoms with Crippen molar-refractivity contribution < 1.29 is 13.2 Å². The second kappa shape index (κ2) is 6.83. The van der Waals surface area contributed by atoms with Crippen LogP contribution in [-0.4, -0.2) is 19.0 Å². The molecule has 1 fully saturated rings. The van der Waals surface area contributed by atoms with Crippen molar-refractivity contribution in [2.24, 2.45) is 4.99 Å². The number of benzene rings is 1. The van der Waals surface area contributed by atoms with Crippen LogP contribution in [-0.2, 0) is 12.7 Å². The third kappa shape index (κ3) is 4.65. The summed E-state index contributed by atoms with van der Waals surface area (Å²) < 4.78 is 37.4. The van der Waals surface area contributed by atoms with Gasteiger partial charge in [0.05, 0.1) is 5.56 Å². The van der Waals surface area contributed by atoms with E-state index < -0.39 is 11.7 Å². The molecule has 21 heavy (non-hydrogen) atoms. The Kier molecular flexibility index (Phi) is 5.09. The lowest BCUT2D eigenvalue weighted by atomic mass is 10.1. The van der Waals surface area contributed by atoms with Crippen molar-refractivity contribution in [2.75, 3.05) is 7.05 Å². The molecule has 0 saturated heterocycles. The Hall–Kier alpha value is -1.72. The van der Waals surface area contributed by atoms with Gasteiger partial charge in [0.25, 0.3) is 0 Å². The van der Waals surface area contributed by atoms with Crippen LogP contribution in [0.4, 0.5) is 13.2 Å². The smallest absolute Gasteiger partial charge is 0.354 e. The van der Waals surface area contributed by atoms with Crippen molar-refractivity contribution in [1.29, 1.82) is 0 Å². The average molecular weight is 299 g/mol. The molecule has 3 nitrogen and oxygen atoms in total. The van der Waals surface area contributed by atoms with Crippen LogP contribution >= 0.6 is 0 Å². The van der Waals surface area contributed by atoms with Gasteiger partial charge in [-0.3, -0.25) is 4.99 Å². The fourth-order valence-corrected chi connectivity index (χ4v) is 2.46. The third-order valence-corrected chi connectivity index (χ3v) is 3.66. The highest BCUT2D eigenvalue weighted by Crippen LogP contribution is 2.29. The van der Waals surface area contributed by atoms with E-state index >= 15 is 0 Å². The predicted molar refractivity (Wildman–Crippen MR) is 77.0 cm³/mol. The number of halogens is 3. The largest absolute Gasteiger partial charge is 0.416 e. The first-order chi connectivity index (χ1) is 9.99. The van der Waals surface area contributed by atoms with E-state index in [0.29, 0.717) is 18.5 Å². The minimum absolute atomic E-state index is 0.448. The van der Waals surface area contributed by atoms with Crippen LogP contribution < -0.4 is 10.6 Å². The predicted octanol–water partition coefficient (Wildman–Crippen LogP) is 3.31. The second-order valence-corrected chi connectivity index (χ2v) is 5.25. The number of alkyl halides is 3. The maximum atomic E-state index is 12.5. The lowest BCUT2D eigenvalue weighted by molar-refractivity contribution is -0.137. The van der Waals surface area contributed by atoms with Gasteiger partial charge in [0.2, 0.25) is 0 Å². The molecule has 0 atom stereocenters. The maximum Gasteiger partial charge on any atom is 0.416 e. The molecule has 0 bridgehead atoms. The highest BCUT2D eigenvalue weighted by Gasteiger charge is 2.29. The first-order valence-corrected chi connectivity index (χ1v) is 7.12. The lowest BCUT2D eigenvalue weighted by Gasteiger charge is -2.17. The third-order valence-electron chi connectivity index (χ3n) is 3.66. The van der Waals surface area contributed by atoms with Gasteiger partial charge in [-0.15, -0.1) is 0 Å². The average Bonchev–Trinajstić information content (AvgIpc) is 2.96. The Labute approximate surface area is 122 Å². The molecule has 2 N–H and O–H groups in total. The number of guanidine groups is 1. The summed E-state index contributed by atoms with van der Waals surface area (Å²) in [5, 5.41) is 6.46. The summed E-state index contributed by atoms with van der Waals surface area (Å²) in [6, 6.07) is 5.62. The molecule has 1 aromatic carbocycles. The second-order valence-electron chi connectivity index (χ2n) is 5.25. The molecule has 1 aliphatic carbocycles. The molecule has 0 unspecified atom stereocenters. The monoisotopic (exact) mass is 299 g/mol. The van der Waals surface area contributed by atoms with Crippen molar-refractivity contribution in [3.05, 3.63) is 35.4 Å². The maximum absolute atomic E-state index is 12.5. The highest BCUT2D eigenvalue weighted by atomic mass is 19.4. The normalized spacial score (nSPS) is 17.0. The van der Waals surface area contributed by atoms with Crippen LogP contribution in [0.15, 0.2) is 29.3 Å². The summed E-state index contributed by atoms with van der Waals surface area (Å²) in [5.41, 5.74) is 0.164. The van der Waals surface area contributed by atoms with E-state index in [9.17, 15) is 13.2 Å². The number of aliphatic imine (C=N–C) groups is 1. The molecule has 0 radical (unpaired) electrons. The van der Waals surface area contributed by atoms with E-state index in [-0.39, 0.29) is 0 Å². The van der Waals surface area contributed by atoms with Gasteiger partial charge in [-0.2, -0.15) is 13.2 Å². The molecule has 0 spiro atoms. The summed E-state index contributed by atoms with van der Waals surface area (Å²) in [6.07, 6.45) is 0.453. The molecule has 116 valence electrons. The van der Waals surface area contributed by atoms with E-state index in [1.165, 1.54) is 25.0 Å². The fourth-order valence-electron chi connectivity index (χ4n) is 2.46. The van der Waals surface area contributed by atoms with Crippen LogP contribution in [0.25, 0.3) is 0 Å². The lowest BCUT2D eigenvalue weighted by Crippen LogP contribution is -2.41. The van der Waals surface area contributed by atoms with E-state index in [0.717, 1.165) is 30.5 Å². The van der Waals surface area contributed by atoms with Crippen molar-refractivity contribution >= 4 is 5.96 Å².